The lowest BCUT2D eigenvalue weighted by molar-refractivity contribution is -0.141. The Morgan fingerprint density at radius 1 is 1.50 bits per heavy atom. The number of hydrogen-bond acceptors (Lipinski definition) is 3. The Kier molecular flexibility index (Phi) is 4.10. The summed E-state index contributed by atoms with van der Waals surface area (Å²) >= 11 is 0. The van der Waals surface area contributed by atoms with Gasteiger partial charge < -0.3 is 14.2 Å². The fourth-order valence-corrected chi connectivity index (χ4v) is 1.41. The van der Waals surface area contributed by atoms with E-state index >= 15 is 0 Å². The van der Waals surface area contributed by atoms with Gasteiger partial charge in [-0.2, -0.15) is 0 Å². The number of amides is 1. The van der Waals surface area contributed by atoms with Gasteiger partial charge in [0.05, 0.1) is 7.11 Å². The van der Waals surface area contributed by atoms with Crippen molar-refractivity contribution in [2.24, 2.45) is 0 Å². The SMILES string of the molecule is CCn1cccc1C(=O)N(C)CC(=O)OC. The van der Waals surface area contributed by atoms with E-state index in [1.807, 2.05) is 23.8 Å². The van der Waals surface area contributed by atoms with Crippen molar-refractivity contribution in [2.45, 2.75) is 13.5 Å². The lowest BCUT2D eigenvalue weighted by Gasteiger charge is -2.16. The zero-order valence-corrected chi connectivity index (χ0v) is 9.77. The molecular formula is C11H16N2O3. The maximum Gasteiger partial charge on any atom is 0.325 e. The van der Waals surface area contributed by atoms with Gasteiger partial charge in [0.1, 0.15) is 12.2 Å². The second-order valence-electron chi connectivity index (χ2n) is 3.42. The van der Waals surface area contributed by atoms with E-state index in [0.717, 1.165) is 6.54 Å². The van der Waals surface area contributed by atoms with Gasteiger partial charge >= 0.3 is 5.97 Å². The Labute approximate surface area is 94.6 Å². The first-order valence-corrected chi connectivity index (χ1v) is 5.07. The quantitative estimate of drug-likeness (QED) is 0.709. The molecule has 0 saturated heterocycles. The minimum Gasteiger partial charge on any atom is -0.468 e. The van der Waals surface area contributed by atoms with Crippen LogP contribution in [0.1, 0.15) is 17.4 Å². The first-order valence-electron chi connectivity index (χ1n) is 5.07. The fraction of sp³-hybridized carbons (Fsp3) is 0.455. The predicted octanol–water partition coefficient (Wildman–Crippen LogP) is 0.753. The maximum atomic E-state index is 11.9. The van der Waals surface area contributed by atoms with Crippen molar-refractivity contribution in [3.63, 3.8) is 0 Å². The smallest absolute Gasteiger partial charge is 0.325 e. The molecule has 0 spiro atoms. The third-order valence-corrected chi connectivity index (χ3v) is 2.33. The molecule has 1 aromatic rings. The Hall–Kier alpha value is -1.78. The summed E-state index contributed by atoms with van der Waals surface area (Å²) in [6, 6.07) is 3.54. The van der Waals surface area contributed by atoms with Crippen LogP contribution in [0.15, 0.2) is 18.3 Å². The third-order valence-electron chi connectivity index (χ3n) is 2.33. The van der Waals surface area contributed by atoms with Crippen molar-refractivity contribution in [3.05, 3.63) is 24.0 Å². The summed E-state index contributed by atoms with van der Waals surface area (Å²) in [5, 5.41) is 0. The molecular weight excluding hydrogens is 208 g/mol. The molecule has 0 fully saturated rings. The van der Waals surface area contributed by atoms with Crippen molar-refractivity contribution >= 4 is 11.9 Å². The molecule has 0 aliphatic rings. The molecule has 5 nitrogen and oxygen atoms in total. The van der Waals surface area contributed by atoms with Crippen LogP contribution >= 0.6 is 0 Å². The summed E-state index contributed by atoms with van der Waals surface area (Å²) in [4.78, 5) is 24.3. The lowest BCUT2D eigenvalue weighted by atomic mass is 10.3. The Bertz CT molecular complexity index is 384. The molecule has 1 heterocycles. The topological polar surface area (TPSA) is 51.5 Å². The van der Waals surface area contributed by atoms with Crippen molar-refractivity contribution in [2.75, 3.05) is 20.7 Å². The number of carbonyl (C=O) groups is 2. The van der Waals surface area contributed by atoms with Crippen molar-refractivity contribution in [1.29, 1.82) is 0 Å². The number of methoxy groups -OCH3 is 1. The van der Waals surface area contributed by atoms with Crippen molar-refractivity contribution < 1.29 is 14.3 Å². The zero-order valence-electron chi connectivity index (χ0n) is 9.77. The zero-order chi connectivity index (χ0) is 12.1. The summed E-state index contributed by atoms with van der Waals surface area (Å²) in [6.07, 6.45) is 1.83. The third kappa shape index (κ3) is 2.62. The summed E-state index contributed by atoms with van der Waals surface area (Å²) in [6.45, 7) is 2.64. The molecule has 1 rings (SSSR count). The molecule has 0 aliphatic heterocycles. The molecule has 0 radical (unpaired) electrons. The Morgan fingerprint density at radius 3 is 2.75 bits per heavy atom. The maximum absolute atomic E-state index is 11.9. The van der Waals surface area contributed by atoms with Gasteiger partial charge in [-0.1, -0.05) is 0 Å². The summed E-state index contributed by atoms with van der Waals surface area (Å²) in [7, 11) is 2.88. The van der Waals surface area contributed by atoms with E-state index in [9.17, 15) is 9.59 Å². The van der Waals surface area contributed by atoms with Crippen LogP contribution in [-0.2, 0) is 16.1 Å². The fourth-order valence-electron chi connectivity index (χ4n) is 1.41. The van der Waals surface area contributed by atoms with Gasteiger partial charge in [0.2, 0.25) is 0 Å². The van der Waals surface area contributed by atoms with E-state index in [4.69, 9.17) is 0 Å². The lowest BCUT2D eigenvalue weighted by Crippen LogP contribution is -2.33. The molecule has 0 atom stereocenters. The highest BCUT2D eigenvalue weighted by Crippen LogP contribution is 2.05. The number of likely N-dealkylation sites (N-methyl/N-ethyl adjacent to an activating group) is 1. The molecule has 1 aromatic heterocycles. The molecule has 0 saturated carbocycles. The number of esters is 1. The number of nitrogens with zero attached hydrogens (tertiary/aromatic N) is 2. The van der Waals surface area contributed by atoms with Crippen LogP contribution in [0.4, 0.5) is 0 Å². The number of aryl methyl sites for hydroxylation is 1. The van der Waals surface area contributed by atoms with Crippen molar-refractivity contribution in [3.8, 4) is 0 Å². The van der Waals surface area contributed by atoms with Gasteiger partial charge in [0.25, 0.3) is 5.91 Å². The molecule has 1 amide bonds. The highest BCUT2D eigenvalue weighted by molar-refractivity contribution is 5.94. The highest BCUT2D eigenvalue weighted by Gasteiger charge is 2.17. The van der Waals surface area contributed by atoms with E-state index in [0.29, 0.717) is 5.69 Å². The van der Waals surface area contributed by atoms with Gasteiger partial charge in [0, 0.05) is 19.8 Å². The van der Waals surface area contributed by atoms with Gasteiger partial charge in [-0.25, -0.2) is 0 Å². The van der Waals surface area contributed by atoms with E-state index < -0.39 is 5.97 Å². The van der Waals surface area contributed by atoms with Crippen LogP contribution in [-0.4, -0.2) is 42.0 Å². The molecule has 16 heavy (non-hydrogen) atoms. The van der Waals surface area contributed by atoms with Crippen LogP contribution in [0.5, 0.6) is 0 Å². The second-order valence-corrected chi connectivity index (χ2v) is 3.42. The van der Waals surface area contributed by atoms with Crippen molar-refractivity contribution in [1.82, 2.24) is 9.47 Å². The first-order chi connectivity index (χ1) is 7.60. The van der Waals surface area contributed by atoms with E-state index in [1.165, 1.54) is 12.0 Å². The Balaban J connectivity index is 2.74. The van der Waals surface area contributed by atoms with Gasteiger partial charge in [-0.05, 0) is 19.1 Å². The minimum absolute atomic E-state index is 0.0375. The molecule has 0 unspecified atom stereocenters. The molecule has 5 heteroatoms. The molecule has 0 bridgehead atoms. The van der Waals surface area contributed by atoms with Crippen LogP contribution in [0.2, 0.25) is 0 Å². The molecule has 0 N–H and O–H groups in total. The average Bonchev–Trinajstić information content (AvgIpc) is 2.75. The molecule has 0 aliphatic carbocycles. The van der Waals surface area contributed by atoms with E-state index in [-0.39, 0.29) is 12.5 Å². The Morgan fingerprint density at radius 2 is 2.19 bits per heavy atom. The number of hydrogen-bond donors (Lipinski definition) is 0. The highest BCUT2D eigenvalue weighted by atomic mass is 16.5. The van der Waals surface area contributed by atoms with Gasteiger partial charge in [-0.15, -0.1) is 0 Å². The second kappa shape index (κ2) is 5.34. The summed E-state index contributed by atoms with van der Waals surface area (Å²) in [5.74, 6) is -0.609. The summed E-state index contributed by atoms with van der Waals surface area (Å²) in [5.41, 5.74) is 0.578. The normalized spacial score (nSPS) is 9.94. The van der Waals surface area contributed by atoms with Gasteiger partial charge in [0.15, 0.2) is 0 Å². The van der Waals surface area contributed by atoms with Crippen LogP contribution in [0.3, 0.4) is 0 Å². The van der Waals surface area contributed by atoms with Crippen LogP contribution in [0.25, 0.3) is 0 Å². The number of ether oxygens (including phenoxy) is 1. The molecule has 0 aromatic carbocycles. The van der Waals surface area contributed by atoms with E-state index in [2.05, 4.69) is 4.74 Å². The molecule has 88 valence electrons. The number of rotatable bonds is 4. The van der Waals surface area contributed by atoms with Crippen LogP contribution < -0.4 is 0 Å². The van der Waals surface area contributed by atoms with Gasteiger partial charge in [-0.3, -0.25) is 9.59 Å². The van der Waals surface area contributed by atoms with E-state index in [1.54, 1.807) is 13.1 Å². The van der Waals surface area contributed by atoms with Crippen LogP contribution in [0, 0.1) is 0 Å². The average molecular weight is 224 g/mol. The predicted molar refractivity (Wildman–Crippen MR) is 59.1 cm³/mol. The number of aromatic nitrogens is 1. The number of carbonyl (C=O) groups excluding carboxylic acids is 2. The monoisotopic (exact) mass is 224 g/mol. The summed E-state index contributed by atoms with van der Waals surface area (Å²) < 4.78 is 6.33. The minimum atomic E-state index is -0.426. The first kappa shape index (κ1) is 12.3. The standard InChI is InChI=1S/C11H16N2O3/c1-4-13-7-5-6-9(13)11(15)12(2)8-10(14)16-3/h5-7H,4,8H2,1-3H3. The largest absolute Gasteiger partial charge is 0.468 e.